The molecular formula is C8H10ClF3O3. The van der Waals surface area contributed by atoms with Crippen LogP contribution >= 0.6 is 11.6 Å². The normalized spacial score (nSPS) is 15.1. The Labute approximate surface area is 89.5 Å². The largest absolute Gasteiger partial charge is 0.478 e. The SMILES string of the molecule is CC(=CCCOC(F)(F)C(F)Cl)C(=O)O. The molecule has 0 saturated carbocycles. The molecule has 0 bridgehead atoms. The van der Waals surface area contributed by atoms with Crippen molar-refractivity contribution in [2.45, 2.75) is 25.1 Å². The van der Waals surface area contributed by atoms with Crippen molar-refractivity contribution in [3.8, 4) is 0 Å². The van der Waals surface area contributed by atoms with E-state index in [0.717, 1.165) is 0 Å². The van der Waals surface area contributed by atoms with Crippen LogP contribution in [0.25, 0.3) is 0 Å². The Hall–Kier alpha value is -0.750. The van der Waals surface area contributed by atoms with E-state index in [2.05, 4.69) is 16.3 Å². The summed E-state index contributed by atoms with van der Waals surface area (Å²) in [5, 5.41) is 8.39. The number of carboxylic acids is 1. The minimum absolute atomic E-state index is 0.00425. The quantitative estimate of drug-likeness (QED) is 0.445. The zero-order valence-electron chi connectivity index (χ0n) is 7.84. The fraction of sp³-hybridized carbons (Fsp3) is 0.625. The summed E-state index contributed by atoms with van der Waals surface area (Å²) in [5.41, 5.74) is -2.91. The lowest BCUT2D eigenvalue weighted by Gasteiger charge is -2.15. The average molecular weight is 247 g/mol. The zero-order chi connectivity index (χ0) is 12.1. The second-order valence-electron chi connectivity index (χ2n) is 2.69. The lowest BCUT2D eigenvalue weighted by molar-refractivity contribution is -0.255. The summed E-state index contributed by atoms with van der Waals surface area (Å²) in [5.74, 6) is -1.15. The first-order valence-electron chi connectivity index (χ1n) is 3.97. The Kier molecular flexibility index (Phi) is 5.67. The molecule has 1 unspecified atom stereocenters. The summed E-state index contributed by atoms with van der Waals surface area (Å²) >= 11 is 4.51. The fourth-order valence-corrected chi connectivity index (χ4v) is 0.684. The highest BCUT2D eigenvalue weighted by atomic mass is 35.5. The highest BCUT2D eigenvalue weighted by Crippen LogP contribution is 2.25. The van der Waals surface area contributed by atoms with Gasteiger partial charge in [0.25, 0.3) is 5.63 Å². The van der Waals surface area contributed by atoms with Crippen LogP contribution in [0.1, 0.15) is 13.3 Å². The third-order valence-corrected chi connectivity index (χ3v) is 1.71. The van der Waals surface area contributed by atoms with Gasteiger partial charge in [0.1, 0.15) is 0 Å². The van der Waals surface area contributed by atoms with Crippen molar-refractivity contribution in [3.05, 3.63) is 11.6 Å². The molecule has 0 fully saturated rings. The fourth-order valence-electron chi connectivity index (χ4n) is 0.621. The number of hydrogen-bond acceptors (Lipinski definition) is 2. The molecule has 15 heavy (non-hydrogen) atoms. The smallest absolute Gasteiger partial charge is 0.400 e. The van der Waals surface area contributed by atoms with Gasteiger partial charge in [-0.05, 0) is 13.3 Å². The number of alkyl halides is 4. The van der Waals surface area contributed by atoms with Crippen molar-refractivity contribution in [2.75, 3.05) is 6.61 Å². The van der Waals surface area contributed by atoms with E-state index < -0.39 is 24.3 Å². The number of halogens is 4. The monoisotopic (exact) mass is 246 g/mol. The van der Waals surface area contributed by atoms with Gasteiger partial charge in [-0.3, -0.25) is 0 Å². The van der Waals surface area contributed by atoms with Crippen LogP contribution in [0.3, 0.4) is 0 Å². The maximum atomic E-state index is 12.4. The van der Waals surface area contributed by atoms with Gasteiger partial charge in [-0.15, -0.1) is 0 Å². The van der Waals surface area contributed by atoms with Gasteiger partial charge in [0.05, 0.1) is 6.61 Å². The van der Waals surface area contributed by atoms with Crippen molar-refractivity contribution >= 4 is 17.6 Å². The van der Waals surface area contributed by atoms with Gasteiger partial charge in [0.15, 0.2) is 0 Å². The van der Waals surface area contributed by atoms with Gasteiger partial charge in [-0.25, -0.2) is 9.18 Å². The topological polar surface area (TPSA) is 46.5 Å². The van der Waals surface area contributed by atoms with E-state index in [-0.39, 0.29) is 12.0 Å². The van der Waals surface area contributed by atoms with Crippen molar-refractivity contribution in [3.63, 3.8) is 0 Å². The molecule has 0 aliphatic carbocycles. The molecule has 0 spiro atoms. The maximum absolute atomic E-state index is 12.4. The summed E-state index contributed by atoms with van der Waals surface area (Å²) in [6, 6.07) is 0. The lowest BCUT2D eigenvalue weighted by atomic mass is 10.2. The molecule has 0 aromatic rings. The number of carbonyl (C=O) groups is 1. The van der Waals surface area contributed by atoms with E-state index >= 15 is 0 Å². The zero-order valence-corrected chi connectivity index (χ0v) is 8.60. The highest BCUT2D eigenvalue weighted by molar-refractivity contribution is 6.20. The number of aliphatic carboxylic acids is 1. The Morgan fingerprint density at radius 2 is 2.20 bits per heavy atom. The molecule has 0 aliphatic heterocycles. The Morgan fingerprint density at radius 3 is 2.60 bits per heavy atom. The molecule has 0 aromatic heterocycles. The van der Waals surface area contributed by atoms with Gasteiger partial charge in [0, 0.05) is 5.57 Å². The lowest BCUT2D eigenvalue weighted by Crippen LogP contribution is -2.29. The molecule has 1 N–H and O–H groups in total. The van der Waals surface area contributed by atoms with E-state index in [1.807, 2.05) is 0 Å². The Morgan fingerprint density at radius 1 is 1.67 bits per heavy atom. The molecule has 7 heteroatoms. The van der Waals surface area contributed by atoms with E-state index in [1.165, 1.54) is 13.0 Å². The average Bonchev–Trinajstić information content (AvgIpc) is 2.11. The molecule has 3 nitrogen and oxygen atoms in total. The Balaban J connectivity index is 3.91. The summed E-state index contributed by atoms with van der Waals surface area (Å²) in [7, 11) is 0. The van der Waals surface area contributed by atoms with E-state index in [1.54, 1.807) is 0 Å². The molecule has 0 radical (unpaired) electrons. The van der Waals surface area contributed by atoms with E-state index in [0.29, 0.717) is 0 Å². The predicted octanol–water partition coefficient (Wildman–Crippen LogP) is 2.55. The minimum Gasteiger partial charge on any atom is -0.478 e. The first kappa shape index (κ1) is 14.2. The molecule has 0 aliphatic rings. The van der Waals surface area contributed by atoms with Crippen LogP contribution in [-0.2, 0) is 9.53 Å². The van der Waals surface area contributed by atoms with Crippen molar-refractivity contribution in [2.24, 2.45) is 0 Å². The van der Waals surface area contributed by atoms with Gasteiger partial charge in [0.2, 0.25) is 0 Å². The number of ether oxygens (including phenoxy) is 1. The standard InChI is InChI=1S/C8H10ClF3O3/c1-5(6(13)14)3-2-4-15-8(11,12)7(9)10/h3,7H,2,4H2,1H3,(H,13,14). The van der Waals surface area contributed by atoms with Crippen molar-refractivity contribution in [1.29, 1.82) is 0 Å². The van der Waals surface area contributed by atoms with Crippen LogP contribution in [-0.4, -0.2) is 29.4 Å². The van der Waals surface area contributed by atoms with E-state index in [4.69, 9.17) is 5.11 Å². The summed E-state index contributed by atoms with van der Waals surface area (Å²) < 4.78 is 40.5. The molecule has 0 aromatic carbocycles. The van der Waals surface area contributed by atoms with Crippen LogP contribution in [0.2, 0.25) is 0 Å². The second-order valence-corrected chi connectivity index (χ2v) is 3.08. The first-order valence-corrected chi connectivity index (χ1v) is 4.41. The molecule has 1 atom stereocenters. The second kappa shape index (κ2) is 5.97. The first-order chi connectivity index (χ1) is 6.77. The molecule has 0 saturated heterocycles. The van der Waals surface area contributed by atoms with Crippen molar-refractivity contribution in [1.82, 2.24) is 0 Å². The molecule has 0 amide bonds. The van der Waals surface area contributed by atoms with Crippen LogP contribution in [0, 0.1) is 0 Å². The predicted molar refractivity (Wildman–Crippen MR) is 47.7 cm³/mol. The molecular weight excluding hydrogens is 237 g/mol. The number of rotatable bonds is 6. The van der Waals surface area contributed by atoms with Crippen LogP contribution < -0.4 is 0 Å². The molecule has 0 heterocycles. The minimum atomic E-state index is -4.05. The van der Waals surface area contributed by atoms with Crippen LogP contribution in [0.15, 0.2) is 11.6 Å². The van der Waals surface area contributed by atoms with Gasteiger partial charge >= 0.3 is 12.1 Å². The van der Waals surface area contributed by atoms with E-state index in [9.17, 15) is 18.0 Å². The summed E-state index contributed by atoms with van der Waals surface area (Å²) in [6.45, 7) is 0.796. The maximum Gasteiger partial charge on any atom is 0.400 e. The number of hydrogen-bond donors (Lipinski definition) is 1. The summed E-state index contributed by atoms with van der Waals surface area (Å²) in [4.78, 5) is 10.3. The summed E-state index contributed by atoms with van der Waals surface area (Å²) in [6.07, 6.45) is -2.91. The Bertz CT molecular complexity index is 254. The van der Waals surface area contributed by atoms with Crippen LogP contribution in [0.4, 0.5) is 13.2 Å². The van der Waals surface area contributed by atoms with Gasteiger partial charge in [-0.2, -0.15) is 8.78 Å². The third-order valence-electron chi connectivity index (χ3n) is 1.45. The van der Waals surface area contributed by atoms with Crippen molar-refractivity contribution < 1.29 is 27.8 Å². The van der Waals surface area contributed by atoms with Gasteiger partial charge in [-0.1, -0.05) is 17.7 Å². The third kappa shape index (κ3) is 5.64. The number of carboxylic acid groups (broad SMARTS) is 1. The molecule has 0 rings (SSSR count). The highest BCUT2D eigenvalue weighted by Gasteiger charge is 2.40. The molecule has 88 valence electrons. The van der Waals surface area contributed by atoms with Gasteiger partial charge < -0.3 is 9.84 Å². The van der Waals surface area contributed by atoms with Crippen LogP contribution in [0.5, 0.6) is 0 Å².